The first-order valence-electron chi connectivity index (χ1n) is 7.26. The number of hydrogen-bond donors (Lipinski definition) is 1. The molecule has 0 spiro atoms. The second kappa shape index (κ2) is 7.41. The van der Waals surface area contributed by atoms with Gasteiger partial charge in [-0.2, -0.15) is 0 Å². The summed E-state index contributed by atoms with van der Waals surface area (Å²) in [7, 11) is 1.97. The fraction of sp³-hybridized carbons (Fsp3) is 0.562. The first-order valence-corrected chi connectivity index (χ1v) is 7.26. The van der Waals surface area contributed by atoms with Gasteiger partial charge in [0.05, 0.1) is 12.6 Å². The fourth-order valence-electron chi connectivity index (χ4n) is 2.47. The molecule has 20 heavy (non-hydrogen) atoms. The maximum Gasteiger partial charge on any atom is 0.234 e. The Bertz CT molecular complexity index is 442. The summed E-state index contributed by atoms with van der Waals surface area (Å²) in [6, 6.07) is 8.28. The minimum atomic E-state index is 0.0663. The molecule has 2 rings (SSSR count). The number of amides is 1. The van der Waals surface area contributed by atoms with Gasteiger partial charge in [-0.05, 0) is 37.9 Å². The number of likely N-dealkylation sites (N-methyl/N-ethyl adjacent to an activating group) is 1. The molecule has 1 unspecified atom stereocenters. The minimum Gasteiger partial charge on any atom is -0.376 e. The van der Waals surface area contributed by atoms with Crippen molar-refractivity contribution < 1.29 is 9.53 Å². The van der Waals surface area contributed by atoms with Crippen molar-refractivity contribution in [1.82, 2.24) is 10.2 Å². The highest BCUT2D eigenvalue weighted by Gasteiger charge is 2.16. The summed E-state index contributed by atoms with van der Waals surface area (Å²) < 4.78 is 5.49. The molecular formula is C16H24N2O2. The number of nitrogens with zero attached hydrogens (tertiary/aromatic N) is 1. The molecule has 0 saturated carbocycles. The van der Waals surface area contributed by atoms with Crippen LogP contribution in [0.3, 0.4) is 0 Å². The number of aryl methyl sites for hydroxylation is 1. The van der Waals surface area contributed by atoms with Gasteiger partial charge in [-0.3, -0.25) is 9.69 Å². The fourth-order valence-corrected chi connectivity index (χ4v) is 2.47. The minimum absolute atomic E-state index is 0.0663. The van der Waals surface area contributed by atoms with E-state index in [-0.39, 0.29) is 12.0 Å². The maximum atomic E-state index is 11.9. The second-order valence-corrected chi connectivity index (χ2v) is 5.54. The molecular weight excluding hydrogens is 252 g/mol. The monoisotopic (exact) mass is 276 g/mol. The van der Waals surface area contributed by atoms with Crippen molar-refractivity contribution >= 4 is 5.91 Å². The number of carbonyl (C=O) groups excluding carboxylic acids is 1. The average Bonchev–Trinajstić information content (AvgIpc) is 2.92. The molecule has 1 fully saturated rings. The van der Waals surface area contributed by atoms with Gasteiger partial charge in [0.25, 0.3) is 0 Å². The highest BCUT2D eigenvalue weighted by Crippen LogP contribution is 2.11. The van der Waals surface area contributed by atoms with Gasteiger partial charge in [-0.1, -0.05) is 24.3 Å². The first-order chi connectivity index (χ1) is 9.65. The summed E-state index contributed by atoms with van der Waals surface area (Å²) in [5, 5.41) is 2.95. The van der Waals surface area contributed by atoms with Crippen LogP contribution in [-0.2, 0) is 16.1 Å². The summed E-state index contributed by atoms with van der Waals surface area (Å²) in [5.74, 6) is 0.0663. The van der Waals surface area contributed by atoms with Crippen molar-refractivity contribution in [2.45, 2.75) is 32.4 Å². The molecule has 1 heterocycles. The Kier molecular flexibility index (Phi) is 5.56. The topological polar surface area (TPSA) is 41.6 Å². The van der Waals surface area contributed by atoms with Crippen molar-refractivity contribution in [3.8, 4) is 0 Å². The quantitative estimate of drug-likeness (QED) is 0.860. The molecule has 1 aromatic rings. The van der Waals surface area contributed by atoms with Crippen LogP contribution in [0.15, 0.2) is 24.3 Å². The van der Waals surface area contributed by atoms with E-state index in [1.165, 1.54) is 11.1 Å². The summed E-state index contributed by atoms with van der Waals surface area (Å²) >= 11 is 0. The lowest BCUT2D eigenvalue weighted by Gasteiger charge is -2.18. The smallest absolute Gasteiger partial charge is 0.234 e. The van der Waals surface area contributed by atoms with E-state index in [0.29, 0.717) is 13.1 Å². The largest absolute Gasteiger partial charge is 0.376 e. The van der Waals surface area contributed by atoms with E-state index in [1.54, 1.807) is 0 Å². The molecule has 4 heteroatoms. The summed E-state index contributed by atoms with van der Waals surface area (Å²) in [5.41, 5.74) is 2.53. The lowest BCUT2D eigenvalue weighted by molar-refractivity contribution is -0.122. The van der Waals surface area contributed by atoms with Crippen LogP contribution in [0.25, 0.3) is 0 Å². The molecule has 1 amide bonds. The van der Waals surface area contributed by atoms with Gasteiger partial charge in [0.2, 0.25) is 5.91 Å². The Hall–Kier alpha value is -1.39. The zero-order valence-electron chi connectivity index (χ0n) is 12.4. The van der Waals surface area contributed by atoms with Crippen LogP contribution in [0.1, 0.15) is 24.0 Å². The number of carbonyl (C=O) groups is 1. The number of nitrogens with one attached hydrogen (secondary N) is 1. The third-order valence-electron chi connectivity index (χ3n) is 3.67. The van der Waals surface area contributed by atoms with Crippen LogP contribution in [-0.4, -0.2) is 43.7 Å². The standard InChI is InChI=1S/C16H24N2O2/c1-13-6-3-4-7-14(13)11-18(2)12-16(19)17-10-15-8-5-9-20-15/h3-4,6-7,15H,5,8-12H2,1-2H3,(H,17,19). The van der Waals surface area contributed by atoms with Gasteiger partial charge in [-0.15, -0.1) is 0 Å². The molecule has 110 valence electrons. The van der Waals surface area contributed by atoms with E-state index in [1.807, 2.05) is 24.1 Å². The molecule has 0 bridgehead atoms. The van der Waals surface area contributed by atoms with Gasteiger partial charge in [0.1, 0.15) is 0 Å². The predicted octanol–water partition coefficient (Wildman–Crippen LogP) is 1.72. The molecule has 1 aromatic carbocycles. The molecule has 4 nitrogen and oxygen atoms in total. The molecule has 1 atom stereocenters. The number of rotatable bonds is 6. The van der Waals surface area contributed by atoms with E-state index in [9.17, 15) is 4.79 Å². The Morgan fingerprint density at radius 3 is 2.95 bits per heavy atom. The van der Waals surface area contributed by atoms with E-state index in [2.05, 4.69) is 24.4 Å². The Morgan fingerprint density at radius 1 is 1.45 bits per heavy atom. The SMILES string of the molecule is Cc1ccccc1CN(C)CC(=O)NCC1CCCO1. The highest BCUT2D eigenvalue weighted by molar-refractivity contribution is 5.78. The van der Waals surface area contributed by atoms with Crippen molar-refractivity contribution in [2.75, 3.05) is 26.7 Å². The number of benzene rings is 1. The number of ether oxygens (including phenoxy) is 1. The molecule has 0 radical (unpaired) electrons. The van der Waals surface area contributed by atoms with E-state index >= 15 is 0 Å². The van der Waals surface area contributed by atoms with E-state index < -0.39 is 0 Å². The molecule has 0 aromatic heterocycles. The van der Waals surface area contributed by atoms with Crippen LogP contribution in [0.5, 0.6) is 0 Å². The highest BCUT2D eigenvalue weighted by atomic mass is 16.5. The van der Waals surface area contributed by atoms with Crippen molar-refractivity contribution in [2.24, 2.45) is 0 Å². The number of hydrogen-bond acceptors (Lipinski definition) is 3. The van der Waals surface area contributed by atoms with Crippen LogP contribution in [0.4, 0.5) is 0 Å². The van der Waals surface area contributed by atoms with Crippen LogP contribution >= 0.6 is 0 Å². The van der Waals surface area contributed by atoms with Gasteiger partial charge < -0.3 is 10.1 Å². The average molecular weight is 276 g/mol. The lowest BCUT2D eigenvalue weighted by Crippen LogP contribution is -2.38. The van der Waals surface area contributed by atoms with Crippen molar-refractivity contribution in [3.05, 3.63) is 35.4 Å². The first kappa shape index (κ1) is 15.0. The predicted molar refractivity (Wildman–Crippen MR) is 79.5 cm³/mol. The Labute approximate surface area is 121 Å². The van der Waals surface area contributed by atoms with Gasteiger partial charge in [0, 0.05) is 19.7 Å². The molecule has 1 aliphatic heterocycles. The van der Waals surface area contributed by atoms with Crippen LogP contribution in [0.2, 0.25) is 0 Å². The van der Waals surface area contributed by atoms with Gasteiger partial charge in [-0.25, -0.2) is 0 Å². The molecule has 0 aliphatic carbocycles. The molecule has 1 aliphatic rings. The lowest BCUT2D eigenvalue weighted by atomic mass is 10.1. The zero-order valence-corrected chi connectivity index (χ0v) is 12.4. The van der Waals surface area contributed by atoms with Crippen molar-refractivity contribution in [3.63, 3.8) is 0 Å². The molecule has 1 saturated heterocycles. The Balaban J connectivity index is 1.72. The summed E-state index contributed by atoms with van der Waals surface area (Å²) in [6.45, 7) is 4.77. The third kappa shape index (κ3) is 4.62. The summed E-state index contributed by atoms with van der Waals surface area (Å²) in [4.78, 5) is 13.9. The zero-order chi connectivity index (χ0) is 14.4. The maximum absolute atomic E-state index is 11.9. The summed E-state index contributed by atoms with van der Waals surface area (Å²) in [6.07, 6.45) is 2.37. The Morgan fingerprint density at radius 2 is 2.25 bits per heavy atom. The van der Waals surface area contributed by atoms with E-state index in [0.717, 1.165) is 26.0 Å². The van der Waals surface area contributed by atoms with E-state index in [4.69, 9.17) is 4.74 Å². The van der Waals surface area contributed by atoms with Crippen LogP contribution < -0.4 is 5.32 Å². The van der Waals surface area contributed by atoms with Gasteiger partial charge >= 0.3 is 0 Å². The van der Waals surface area contributed by atoms with Gasteiger partial charge in [0.15, 0.2) is 0 Å². The second-order valence-electron chi connectivity index (χ2n) is 5.54. The van der Waals surface area contributed by atoms with Crippen LogP contribution in [0, 0.1) is 6.92 Å². The molecule has 1 N–H and O–H groups in total. The normalized spacial score (nSPS) is 18.4. The third-order valence-corrected chi connectivity index (χ3v) is 3.67. The van der Waals surface area contributed by atoms with Crippen molar-refractivity contribution in [1.29, 1.82) is 0 Å².